The molecule has 2 atom stereocenters. The van der Waals surface area contributed by atoms with E-state index in [-0.39, 0.29) is 4.90 Å². The number of sulfone groups is 1. The summed E-state index contributed by atoms with van der Waals surface area (Å²) in [6.45, 7) is 0. The summed E-state index contributed by atoms with van der Waals surface area (Å²) in [4.78, 5) is 0.0522. The van der Waals surface area contributed by atoms with Crippen LogP contribution >= 0.6 is 0 Å². The number of fused-ring (bicyclic) bond motifs is 1. The Hall–Kier alpha value is -1.52. The third-order valence-electron chi connectivity index (χ3n) is 4.24. The molecule has 2 aromatic rings. The summed E-state index contributed by atoms with van der Waals surface area (Å²) in [7, 11) is -4.49. The minimum absolute atomic E-state index is 0.0522. The Bertz CT molecular complexity index is 1000. The number of nitrogens with zero attached hydrogens (tertiary/aromatic N) is 2. The second-order valence-electron chi connectivity index (χ2n) is 6.35. The van der Waals surface area contributed by atoms with Crippen LogP contribution in [0.15, 0.2) is 47.4 Å². The zero-order valence-corrected chi connectivity index (χ0v) is 15.5. The molecule has 0 unspecified atom stereocenters. The molecule has 0 amide bonds. The Morgan fingerprint density at radius 1 is 1.04 bits per heavy atom. The molecule has 1 aliphatic heterocycles. The number of benzene rings is 2. The molecule has 1 N–H and O–H groups in total. The number of hydrogen-bond donors (Lipinski definition) is 1. The lowest BCUT2D eigenvalue weighted by Gasteiger charge is -2.34. The van der Waals surface area contributed by atoms with Crippen LogP contribution in [-0.2, 0) is 19.9 Å². The van der Waals surface area contributed by atoms with Crippen LogP contribution in [0.2, 0.25) is 0 Å². The Morgan fingerprint density at radius 3 is 2.24 bits per heavy atom. The Balaban J connectivity index is 2.08. The van der Waals surface area contributed by atoms with Gasteiger partial charge in [0, 0.05) is 14.1 Å². The van der Waals surface area contributed by atoms with E-state index < -0.39 is 43.5 Å². The van der Waals surface area contributed by atoms with Gasteiger partial charge in [0.05, 0.1) is 28.5 Å². The predicted octanol–water partition coefficient (Wildman–Crippen LogP) is 0.465. The van der Waals surface area contributed by atoms with E-state index in [4.69, 9.17) is 0 Å². The lowest BCUT2D eigenvalue weighted by molar-refractivity contribution is 0.0272. The van der Waals surface area contributed by atoms with Crippen LogP contribution in [-0.4, -0.2) is 69.1 Å². The van der Waals surface area contributed by atoms with E-state index in [1.165, 1.54) is 25.2 Å². The Morgan fingerprint density at radius 2 is 1.68 bits per heavy atom. The summed E-state index contributed by atoms with van der Waals surface area (Å²) in [5, 5.41) is 13.1. The highest BCUT2D eigenvalue weighted by Gasteiger charge is 2.46. The van der Waals surface area contributed by atoms with Gasteiger partial charge in [-0.2, -0.15) is 0 Å². The smallest absolute Gasteiger partial charge is 0.256 e. The molecule has 0 bridgehead atoms. The highest BCUT2D eigenvalue weighted by molar-refractivity contribution is 7.92. The van der Waals surface area contributed by atoms with E-state index >= 15 is 0 Å². The normalized spacial score (nSPS) is 23.6. The van der Waals surface area contributed by atoms with Crippen molar-refractivity contribution < 1.29 is 21.9 Å². The van der Waals surface area contributed by atoms with Gasteiger partial charge in [0.2, 0.25) is 0 Å². The number of rotatable bonds is 4. The molecule has 3 rings (SSSR count). The molecule has 0 spiro atoms. The molecule has 0 saturated carbocycles. The van der Waals surface area contributed by atoms with Gasteiger partial charge in [-0.1, -0.05) is 30.3 Å². The maximum Gasteiger partial charge on any atom is 0.256 e. The fraction of sp³-hybridized carbons (Fsp3) is 0.375. The molecule has 2 aromatic carbocycles. The van der Waals surface area contributed by atoms with Crippen LogP contribution in [0, 0.1) is 0 Å². The maximum atomic E-state index is 13.1. The number of sulfonamides is 1. The first-order valence-corrected chi connectivity index (χ1v) is 11.0. The lowest BCUT2D eigenvalue weighted by Crippen LogP contribution is -2.53. The monoisotopic (exact) mass is 384 g/mol. The van der Waals surface area contributed by atoms with Crippen molar-refractivity contribution in [2.24, 2.45) is 0 Å². The zero-order valence-electron chi connectivity index (χ0n) is 13.9. The van der Waals surface area contributed by atoms with Crippen molar-refractivity contribution in [2.45, 2.75) is 17.0 Å². The van der Waals surface area contributed by atoms with Gasteiger partial charge in [0.15, 0.2) is 9.84 Å². The first kappa shape index (κ1) is 18.3. The predicted molar refractivity (Wildman–Crippen MR) is 95.1 cm³/mol. The lowest BCUT2D eigenvalue weighted by atomic mass is 10.1. The van der Waals surface area contributed by atoms with Gasteiger partial charge >= 0.3 is 0 Å². The average Bonchev–Trinajstić information content (AvgIpc) is 2.78. The van der Waals surface area contributed by atoms with E-state index in [2.05, 4.69) is 0 Å². The third-order valence-corrected chi connectivity index (χ3v) is 7.87. The van der Waals surface area contributed by atoms with Crippen LogP contribution in [0.25, 0.3) is 10.8 Å². The number of aliphatic hydroxyl groups is 1. The molecule has 1 fully saturated rings. The topological polar surface area (TPSA) is 95.0 Å². The van der Waals surface area contributed by atoms with Crippen LogP contribution in [0.1, 0.15) is 0 Å². The molecule has 0 aliphatic carbocycles. The molecule has 136 valence electrons. The fourth-order valence-electron chi connectivity index (χ4n) is 3.15. The van der Waals surface area contributed by atoms with Gasteiger partial charge in [-0.15, -0.1) is 4.41 Å². The van der Waals surface area contributed by atoms with Gasteiger partial charge in [-0.25, -0.2) is 21.8 Å². The highest BCUT2D eigenvalue weighted by atomic mass is 32.2. The largest absolute Gasteiger partial charge is 0.390 e. The summed E-state index contributed by atoms with van der Waals surface area (Å²) < 4.78 is 50.9. The van der Waals surface area contributed by atoms with Crippen molar-refractivity contribution in [1.29, 1.82) is 0 Å². The van der Waals surface area contributed by atoms with Gasteiger partial charge in [0.25, 0.3) is 10.0 Å². The molecular weight excluding hydrogens is 364 g/mol. The van der Waals surface area contributed by atoms with Crippen LogP contribution < -0.4 is 0 Å². The van der Waals surface area contributed by atoms with Crippen molar-refractivity contribution in [3.8, 4) is 0 Å². The molecule has 25 heavy (non-hydrogen) atoms. The van der Waals surface area contributed by atoms with Gasteiger partial charge in [0.1, 0.15) is 0 Å². The second kappa shape index (κ2) is 6.33. The highest BCUT2D eigenvalue weighted by Crippen LogP contribution is 2.28. The van der Waals surface area contributed by atoms with E-state index in [0.29, 0.717) is 0 Å². The Labute approximate surface area is 147 Å². The van der Waals surface area contributed by atoms with Crippen molar-refractivity contribution >= 4 is 30.6 Å². The first-order valence-electron chi connectivity index (χ1n) is 7.71. The standard InChI is InChI=1S/C16H20N2O5S2/c1-17(2)18(15-10-24(20,21)11-16(15)19)25(22,23)14-8-7-12-5-3-4-6-13(12)9-14/h3-9,15-16,19H,10-11H2,1-2H3/t15-,16-/m1/s1. The molecule has 1 heterocycles. The van der Waals surface area contributed by atoms with Crippen LogP contribution in [0.3, 0.4) is 0 Å². The summed E-state index contributed by atoms with van der Waals surface area (Å²) in [6, 6.07) is 11.1. The molecule has 0 aromatic heterocycles. The minimum atomic E-state index is -4.02. The van der Waals surface area contributed by atoms with Gasteiger partial charge in [-0.05, 0) is 22.9 Å². The zero-order chi connectivity index (χ0) is 18.4. The SMILES string of the molecule is CN(C)N([C@@H]1CS(=O)(=O)C[C@H]1O)S(=O)(=O)c1ccc2ccccc2c1. The first-order chi connectivity index (χ1) is 11.6. The van der Waals surface area contributed by atoms with Crippen molar-refractivity contribution in [3.63, 3.8) is 0 Å². The van der Waals surface area contributed by atoms with Crippen LogP contribution in [0.4, 0.5) is 0 Å². The molecule has 7 nitrogen and oxygen atoms in total. The molecule has 9 heteroatoms. The Kier molecular flexibility index (Phi) is 4.63. The van der Waals surface area contributed by atoms with E-state index in [1.807, 2.05) is 24.3 Å². The van der Waals surface area contributed by atoms with E-state index in [9.17, 15) is 21.9 Å². The molecule has 1 saturated heterocycles. The maximum absolute atomic E-state index is 13.1. The quantitative estimate of drug-likeness (QED) is 0.770. The van der Waals surface area contributed by atoms with Gasteiger partial charge < -0.3 is 5.11 Å². The van der Waals surface area contributed by atoms with Crippen molar-refractivity contribution in [2.75, 3.05) is 25.6 Å². The summed E-state index contributed by atoms with van der Waals surface area (Å²) in [5.74, 6) is -0.839. The second-order valence-corrected chi connectivity index (χ2v) is 10.3. The summed E-state index contributed by atoms with van der Waals surface area (Å²) in [5.41, 5.74) is 0. The third kappa shape index (κ3) is 3.42. The molecule has 0 radical (unpaired) electrons. The molecule has 1 aliphatic rings. The number of hydrazine groups is 1. The van der Waals surface area contributed by atoms with E-state index in [1.54, 1.807) is 12.1 Å². The average molecular weight is 384 g/mol. The summed E-state index contributed by atoms with van der Waals surface area (Å²) in [6.07, 6.45) is -1.26. The van der Waals surface area contributed by atoms with E-state index in [0.717, 1.165) is 15.2 Å². The van der Waals surface area contributed by atoms with Crippen LogP contribution in [0.5, 0.6) is 0 Å². The van der Waals surface area contributed by atoms with Gasteiger partial charge in [-0.3, -0.25) is 0 Å². The number of hydrogen-bond acceptors (Lipinski definition) is 6. The van der Waals surface area contributed by atoms with Crippen molar-refractivity contribution in [3.05, 3.63) is 42.5 Å². The summed E-state index contributed by atoms with van der Waals surface area (Å²) >= 11 is 0. The number of aliphatic hydroxyl groups excluding tert-OH is 1. The fourth-order valence-corrected chi connectivity index (χ4v) is 6.74. The van der Waals surface area contributed by atoms with Crippen molar-refractivity contribution in [1.82, 2.24) is 9.42 Å². The minimum Gasteiger partial charge on any atom is -0.390 e. The molecular formula is C16H20N2O5S2.